The van der Waals surface area contributed by atoms with Crippen molar-refractivity contribution in [3.05, 3.63) is 172 Å². The van der Waals surface area contributed by atoms with E-state index in [2.05, 4.69) is 146 Å². The van der Waals surface area contributed by atoms with Gasteiger partial charge in [0.2, 0.25) is 0 Å². The van der Waals surface area contributed by atoms with Crippen molar-refractivity contribution in [1.82, 2.24) is 5.32 Å². The highest BCUT2D eigenvalue weighted by Gasteiger charge is 2.37. The van der Waals surface area contributed by atoms with Crippen molar-refractivity contribution in [3.8, 4) is 0 Å². The number of hydrogen-bond donors (Lipinski definition) is 1. The molecule has 1 N–H and O–H groups in total. The predicted molar refractivity (Wildman–Crippen MR) is 171 cm³/mol. The highest BCUT2D eigenvalue weighted by molar-refractivity contribution is 6.06. The minimum Gasteiger partial charge on any atom is -0.339 e. The Morgan fingerprint density at radius 2 is 1.56 bits per heavy atom. The number of rotatable bonds is 3. The van der Waals surface area contributed by atoms with Crippen LogP contribution in [0.25, 0.3) is 17.3 Å². The Balaban J connectivity index is 1.22. The van der Waals surface area contributed by atoms with Gasteiger partial charge < -0.3 is 5.32 Å². The molecule has 2 nitrogen and oxygen atoms in total. The number of aliphatic imine (C=N–C) groups is 1. The van der Waals surface area contributed by atoms with Crippen LogP contribution in [0, 0.1) is 11.8 Å². The van der Waals surface area contributed by atoms with E-state index in [-0.39, 0.29) is 6.04 Å². The number of allylic oxidation sites excluding steroid dienone is 9. The largest absolute Gasteiger partial charge is 0.339 e. The molecule has 0 saturated carbocycles. The van der Waals surface area contributed by atoms with E-state index < -0.39 is 0 Å². The first-order chi connectivity index (χ1) is 20.2. The number of amidine groups is 1. The van der Waals surface area contributed by atoms with Crippen LogP contribution in [0.4, 0.5) is 0 Å². The zero-order valence-corrected chi connectivity index (χ0v) is 23.2. The standard InChI is InChI=1S/C39H32N2/c1-25-11-9-19-31-34(25)24-35(32-22-21-26-12-5-6-17-30(26)37(31)32)28-15-10-16-29(23-28)39-40-36-20-8-7-18-33(36)38(41-39)27-13-3-2-4-14-27/h2-10,12-25,32,36-37H,11H2,1H3,(H,40,41). The van der Waals surface area contributed by atoms with Crippen molar-refractivity contribution in [2.45, 2.75) is 25.3 Å². The molecule has 0 saturated heterocycles. The second-order valence-corrected chi connectivity index (χ2v) is 11.6. The van der Waals surface area contributed by atoms with Crippen molar-refractivity contribution in [3.63, 3.8) is 0 Å². The van der Waals surface area contributed by atoms with Crippen LogP contribution in [0.2, 0.25) is 0 Å². The van der Waals surface area contributed by atoms with Crippen LogP contribution >= 0.6 is 0 Å². The minimum atomic E-state index is 0.00811. The molecule has 41 heavy (non-hydrogen) atoms. The molecule has 8 rings (SSSR count). The Morgan fingerprint density at radius 1 is 0.732 bits per heavy atom. The van der Waals surface area contributed by atoms with E-state index in [1.807, 2.05) is 0 Å². The monoisotopic (exact) mass is 528 g/mol. The van der Waals surface area contributed by atoms with Gasteiger partial charge in [-0.2, -0.15) is 0 Å². The van der Waals surface area contributed by atoms with E-state index in [1.165, 1.54) is 44.5 Å². The van der Waals surface area contributed by atoms with Crippen molar-refractivity contribution in [1.29, 1.82) is 0 Å². The first-order valence-electron chi connectivity index (χ1n) is 14.7. The molecule has 0 aromatic heterocycles. The summed E-state index contributed by atoms with van der Waals surface area (Å²) in [6.07, 6.45) is 21.7. The van der Waals surface area contributed by atoms with Crippen molar-refractivity contribution in [2.24, 2.45) is 16.8 Å². The van der Waals surface area contributed by atoms with Gasteiger partial charge in [-0.25, -0.2) is 0 Å². The fourth-order valence-electron chi connectivity index (χ4n) is 7.13. The summed E-state index contributed by atoms with van der Waals surface area (Å²) in [6.45, 7) is 2.37. The predicted octanol–water partition coefficient (Wildman–Crippen LogP) is 8.66. The lowest BCUT2D eigenvalue weighted by atomic mass is 9.64. The van der Waals surface area contributed by atoms with E-state index in [0.29, 0.717) is 17.8 Å². The van der Waals surface area contributed by atoms with Gasteiger partial charge >= 0.3 is 0 Å². The van der Waals surface area contributed by atoms with Crippen molar-refractivity contribution >= 4 is 23.2 Å². The Morgan fingerprint density at radius 3 is 2.49 bits per heavy atom. The summed E-state index contributed by atoms with van der Waals surface area (Å²) in [4.78, 5) is 5.18. The molecule has 3 aromatic rings. The van der Waals surface area contributed by atoms with Gasteiger partial charge in [0, 0.05) is 23.0 Å². The summed E-state index contributed by atoms with van der Waals surface area (Å²) in [6, 6.07) is 28.5. The van der Waals surface area contributed by atoms with Crippen molar-refractivity contribution in [2.75, 3.05) is 0 Å². The topological polar surface area (TPSA) is 24.4 Å². The maximum atomic E-state index is 5.18. The molecule has 0 fully saturated rings. The van der Waals surface area contributed by atoms with Gasteiger partial charge in [0.25, 0.3) is 0 Å². The zero-order chi connectivity index (χ0) is 27.3. The highest BCUT2D eigenvalue weighted by atomic mass is 15.0. The average Bonchev–Trinajstić information content (AvgIpc) is 3.04. The SMILES string of the molecule is CC1CC=CC2=C1C=C(c1cccc(C3=NC4C=CC=CC4=C(c4ccccc4)N3)c1)C1C=Cc3ccccc3C21. The maximum Gasteiger partial charge on any atom is 0.133 e. The van der Waals surface area contributed by atoms with E-state index >= 15 is 0 Å². The molecular weight excluding hydrogens is 496 g/mol. The molecule has 4 unspecified atom stereocenters. The van der Waals surface area contributed by atoms with Crippen LogP contribution in [-0.2, 0) is 0 Å². The van der Waals surface area contributed by atoms with Crippen LogP contribution in [-0.4, -0.2) is 11.9 Å². The normalized spacial score (nSPS) is 25.5. The van der Waals surface area contributed by atoms with Crippen molar-refractivity contribution < 1.29 is 0 Å². The van der Waals surface area contributed by atoms with Crippen LogP contribution < -0.4 is 5.32 Å². The van der Waals surface area contributed by atoms with E-state index in [9.17, 15) is 0 Å². The smallest absolute Gasteiger partial charge is 0.133 e. The molecule has 3 aromatic carbocycles. The van der Waals surface area contributed by atoms with Gasteiger partial charge in [-0.05, 0) is 57.4 Å². The molecule has 5 aliphatic rings. The molecule has 0 amide bonds. The molecule has 1 heterocycles. The molecule has 0 radical (unpaired) electrons. The van der Waals surface area contributed by atoms with Gasteiger partial charge in [0.15, 0.2) is 0 Å². The summed E-state index contributed by atoms with van der Waals surface area (Å²) < 4.78 is 0. The molecule has 0 bridgehead atoms. The second-order valence-electron chi connectivity index (χ2n) is 11.6. The molecule has 1 aliphatic heterocycles. The number of nitrogens with one attached hydrogen (secondary N) is 1. The van der Waals surface area contributed by atoms with Gasteiger partial charge in [-0.15, -0.1) is 0 Å². The number of hydrogen-bond acceptors (Lipinski definition) is 2. The molecular formula is C39H32N2. The highest BCUT2D eigenvalue weighted by Crippen LogP contribution is 2.52. The van der Waals surface area contributed by atoms with Gasteiger partial charge in [-0.3, -0.25) is 4.99 Å². The van der Waals surface area contributed by atoms with Crippen LogP contribution in [0.5, 0.6) is 0 Å². The number of fused-ring (bicyclic) bond motifs is 5. The second kappa shape index (κ2) is 9.74. The Hall–Kier alpha value is -4.69. The quantitative estimate of drug-likeness (QED) is 0.361. The number of nitrogens with zero attached hydrogens (tertiary/aromatic N) is 1. The van der Waals surface area contributed by atoms with E-state index in [0.717, 1.165) is 23.5 Å². The lowest BCUT2D eigenvalue weighted by Gasteiger charge is -2.39. The zero-order valence-electron chi connectivity index (χ0n) is 23.2. The third-order valence-electron chi connectivity index (χ3n) is 9.16. The summed E-state index contributed by atoms with van der Waals surface area (Å²) in [7, 11) is 0. The minimum absolute atomic E-state index is 0.00811. The van der Waals surface area contributed by atoms with Gasteiger partial charge in [0.05, 0.1) is 11.7 Å². The van der Waals surface area contributed by atoms with Gasteiger partial charge in [0.1, 0.15) is 5.84 Å². The first kappa shape index (κ1) is 24.1. The Kier molecular flexibility index (Phi) is 5.74. The van der Waals surface area contributed by atoms with E-state index in [1.54, 1.807) is 0 Å². The molecule has 0 spiro atoms. The average molecular weight is 529 g/mol. The Bertz CT molecular complexity index is 1800. The lowest BCUT2D eigenvalue weighted by molar-refractivity contribution is 0.620. The molecule has 4 atom stereocenters. The summed E-state index contributed by atoms with van der Waals surface area (Å²) in [5.74, 6) is 2.08. The van der Waals surface area contributed by atoms with Crippen LogP contribution in [0.1, 0.15) is 47.1 Å². The molecule has 4 aliphatic carbocycles. The van der Waals surface area contributed by atoms with Crippen LogP contribution in [0.3, 0.4) is 0 Å². The fraction of sp³-hybridized carbons (Fsp3) is 0.154. The summed E-state index contributed by atoms with van der Waals surface area (Å²) >= 11 is 0. The lowest BCUT2D eigenvalue weighted by Crippen LogP contribution is -2.32. The third-order valence-corrected chi connectivity index (χ3v) is 9.16. The Labute approximate surface area is 242 Å². The summed E-state index contributed by atoms with van der Waals surface area (Å²) in [5, 5.41) is 3.73. The molecule has 198 valence electrons. The van der Waals surface area contributed by atoms with Gasteiger partial charge in [-0.1, -0.05) is 134 Å². The first-order valence-corrected chi connectivity index (χ1v) is 14.7. The maximum absolute atomic E-state index is 5.18. The third kappa shape index (κ3) is 4.05. The summed E-state index contributed by atoms with van der Waals surface area (Å²) in [5.41, 5.74) is 13.1. The fourth-order valence-corrected chi connectivity index (χ4v) is 7.13. The molecule has 2 heteroatoms. The number of benzene rings is 3. The van der Waals surface area contributed by atoms with Crippen LogP contribution in [0.15, 0.2) is 149 Å². The van der Waals surface area contributed by atoms with E-state index in [4.69, 9.17) is 4.99 Å².